The summed E-state index contributed by atoms with van der Waals surface area (Å²) in [5.41, 5.74) is 9.47. The van der Waals surface area contributed by atoms with E-state index in [0.717, 1.165) is 5.65 Å². The molecule has 202 valence electrons. The van der Waals surface area contributed by atoms with Gasteiger partial charge in [0.25, 0.3) is 5.91 Å². The van der Waals surface area contributed by atoms with Gasteiger partial charge >= 0.3 is 0 Å². The SMILES string of the molecule is COc1cccc(F)c1CN1CC(CO)CC(NC(=O)c2ccc(N)c(C(=N)c3ccc4nccn4c3)c2)C1. The number of carbonyl (C=O) groups excluding carboxylic acids is 1. The van der Waals surface area contributed by atoms with Crippen molar-refractivity contribution in [3.05, 3.63) is 95.2 Å². The zero-order chi connectivity index (χ0) is 27.5. The van der Waals surface area contributed by atoms with Crippen LogP contribution in [0.25, 0.3) is 5.65 Å². The second-order valence-corrected chi connectivity index (χ2v) is 9.86. The van der Waals surface area contributed by atoms with Gasteiger partial charge in [0.15, 0.2) is 0 Å². The first-order valence-electron chi connectivity index (χ1n) is 12.7. The van der Waals surface area contributed by atoms with E-state index in [1.807, 2.05) is 15.4 Å². The minimum atomic E-state index is -0.356. The Morgan fingerprint density at radius 1 is 1.23 bits per heavy atom. The van der Waals surface area contributed by atoms with Crippen LogP contribution in [0.2, 0.25) is 0 Å². The Balaban J connectivity index is 1.32. The number of piperidine rings is 1. The molecule has 0 bridgehead atoms. The van der Waals surface area contributed by atoms with Crippen molar-refractivity contribution in [1.82, 2.24) is 19.6 Å². The number of ether oxygens (including phenoxy) is 1. The number of rotatable bonds is 8. The Hall–Kier alpha value is -4.28. The average molecular weight is 531 g/mol. The molecule has 0 spiro atoms. The lowest BCUT2D eigenvalue weighted by molar-refractivity contribution is 0.0759. The number of aromatic nitrogens is 2. The van der Waals surface area contributed by atoms with E-state index in [9.17, 15) is 14.3 Å². The Morgan fingerprint density at radius 3 is 2.85 bits per heavy atom. The third-order valence-corrected chi connectivity index (χ3v) is 7.15. The Labute approximate surface area is 225 Å². The van der Waals surface area contributed by atoms with Crippen molar-refractivity contribution < 1.29 is 19.0 Å². The van der Waals surface area contributed by atoms with Crippen LogP contribution in [0.3, 0.4) is 0 Å². The molecule has 2 aromatic heterocycles. The second kappa shape index (κ2) is 11.2. The first-order chi connectivity index (χ1) is 18.9. The number of fused-ring (bicyclic) bond motifs is 1. The number of hydrogen-bond donors (Lipinski definition) is 4. The minimum absolute atomic E-state index is 0.0400. The molecule has 1 aliphatic heterocycles. The number of anilines is 1. The number of imidazole rings is 1. The molecule has 2 atom stereocenters. The zero-order valence-corrected chi connectivity index (χ0v) is 21.6. The first kappa shape index (κ1) is 26.3. The molecular formula is C29H31FN6O3. The Kier molecular flexibility index (Phi) is 7.58. The number of aliphatic hydroxyl groups excluding tert-OH is 1. The molecule has 3 heterocycles. The minimum Gasteiger partial charge on any atom is -0.496 e. The largest absolute Gasteiger partial charge is 0.496 e. The molecule has 39 heavy (non-hydrogen) atoms. The highest BCUT2D eigenvalue weighted by Crippen LogP contribution is 2.26. The van der Waals surface area contributed by atoms with Gasteiger partial charge in [0.05, 0.1) is 12.8 Å². The molecule has 0 saturated carbocycles. The number of benzene rings is 2. The lowest BCUT2D eigenvalue weighted by Crippen LogP contribution is -2.51. The van der Waals surface area contributed by atoms with Gasteiger partial charge in [-0.25, -0.2) is 9.37 Å². The highest BCUT2D eigenvalue weighted by molar-refractivity contribution is 6.14. The quantitative estimate of drug-likeness (QED) is 0.205. The summed E-state index contributed by atoms with van der Waals surface area (Å²) in [5, 5.41) is 21.7. The van der Waals surface area contributed by atoms with Gasteiger partial charge in [-0.1, -0.05) is 6.07 Å². The number of aliphatic hydroxyl groups is 1. The molecule has 2 aromatic carbocycles. The van der Waals surface area contributed by atoms with E-state index in [1.54, 1.807) is 55.0 Å². The van der Waals surface area contributed by atoms with Crippen molar-refractivity contribution in [3.63, 3.8) is 0 Å². The van der Waals surface area contributed by atoms with E-state index in [1.165, 1.54) is 13.2 Å². The van der Waals surface area contributed by atoms with Crippen LogP contribution in [-0.4, -0.2) is 63.9 Å². The Bertz CT molecular complexity index is 1520. The number of pyridine rings is 1. The summed E-state index contributed by atoms with van der Waals surface area (Å²) in [4.78, 5) is 19.5. The van der Waals surface area contributed by atoms with Crippen molar-refractivity contribution in [2.24, 2.45) is 5.92 Å². The van der Waals surface area contributed by atoms with Gasteiger partial charge in [0.1, 0.15) is 17.2 Å². The third kappa shape index (κ3) is 5.62. The van der Waals surface area contributed by atoms with Crippen LogP contribution in [0, 0.1) is 17.1 Å². The van der Waals surface area contributed by atoms with E-state index in [0.29, 0.717) is 59.7 Å². The number of hydrogen-bond acceptors (Lipinski definition) is 7. The van der Waals surface area contributed by atoms with E-state index < -0.39 is 0 Å². The number of carbonyl (C=O) groups is 1. The summed E-state index contributed by atoms with van der Waals surface area (Å²) in [7, 11) is 1.50. The summed E-state index contributed by atoms with van der Waals surface area (Å²) in [5.74, 6) is -0.271. The van der Waals surface area contributed by atoms with Gasteiger partial charge in [0.2, 0.25) is 0 Å². The van der Waals surface area contributed by atoms with Crippen molar-refractivity contribution in [3.8, 4) is 5.75 Å². The highest BCUT2D eigenvalue weighted by Gasteiger charge is 2.29. The van der Waals surface area contributed by atoms with Gasteiger partial charge in [-0.15, -0.1) is 0 Å². The second-order valence-electron chi connectivity index (χ2n) is 9.86. The average Bonchev–Trinajstić information content (AvgIpc) is 3.42. The van der Waals surface area contributed by atoms with E-state index >= 15 is 0 Å². The van der Waals surface area contributed by atoms with Gasteiger partial charge < -0.3 is 25.3 Å². The lowest BCUT2D eigenvalue weighted by Gasteiger charge is -2.37. The van der Waals surface area contributed by atoms with Crippen molar-refractivity contribution >= 4 is 23.0 Å². The van der Waals surface area contributed by atoms with Gasteiger partial charge in [0, 0.05) is 78.8 Å². The summed E-state index contributed by atoms with van der Waals surface area (Å²) in [6.45, 7) is 1.32. The van der Waals surface area contributed by atoms with Gasteiger partial charge in [-0.05, 0) is 54.8 Å². The van der Waals surface area contributed by atoms with Crippen molar-refractivity contribution in [1.29, 1.82) is 5.41 Å². The number of nitrogen functional groups attached to an aromatic ring is 1. The number of amides is 1. The monoisotopic (exact) mass is 530 g/mol. The van der Waals surface area contributed by atoms with Gasteiger partial charge in [-0.2, -0.15) is 0 Å². The van der Waals surface area contributed by atoms with E-state index in [4.69, 9.17) is 15.9 Å². The van der Waals surface area contributed by atoms with Crippen LogP contribution in [0.1, 0.15) is 33.5 Å². The van der Waals surface area contributed by atoms with Crippen LogP contribution < -0.4 is 15.8 Å². The van der Waals surface area contributed by atoms with Crippen LogP contribution in [0.4, 0.5) is 10.1 Å². The molecule has 4 aromatic rings. The van der Waals surface area contributed by atoms with Crippen molar-refractivity contribution in [2.45, 2.75) is 19.0 Å². The molecule has 1 aliphatic rings. The number of nitrogens with zero attached hydrogens (tertiary/aromatic N) is 3. The normalized spacial score (nSPS) is 17.7. The van der Waals surface area contributed by atoms with Crippen LogP contribution >= 0.6 is 0 Å². The summed E-state index contributed by atoms with van der Waals surface area (Å²) in [6, 6.07) is 13.0. The maximum absolute atomic E-state index is 14.6. The van der Waals surface area contributed by atoms with Gasteiger partial charge in [-0.3, -0.25) is 15.1 Å². The molecule has 1 fully saturated rings. The first-order valence-corrected chi connectivity index (χ1v) is 12.7. The smallest absolute Gasteiger partial charge is 0.251 e. The number of likely N-dealkylation sites (tertiary alicyclic amines) is 1. The molecular weight excluding hydrogens is 499 g/mol. The van der Waals surface area contributed by atoms with Crippen LogP contribution in [0.15, 0.2) is 67.1 Å². The fourth-order valence-corrected chi connectivity index (χ4v) is 5.18. The number of methoxy groups -OCH3 is 1. The fourth-order valence-electron chi connectivity index (χ4n) is 5.18. The van der Waals surface area contributed by atoms with Crippen molar-refractivity contribution in [2.75, 3.05) is 32.5 Å². The molecule has 0 aliphatic carbocycles. The summed E-state index contributed by atoms with van der Waals surface area (Å²) in [6.07, 6.45) is 5.88. The molecule has 5 N–H and O–H groups in total. The number of halogens is 1. The highest BCUT2D eigenvalue weighted by atomic mass is 19.1. The molecule has 1 saturated heterocycles. The molecule has 10 heteroatoms. The summed E-state index contributed by atoms with van der Waals surface area (Å²) < 4.78 is 21.7. The predicted octanol–water partition coefficient (Wildman–Crippen LogP) is 3.09. The molecule has 0 radical (unpaired) electrons. The number of nitrogens with one attached hydrogen (secondary N) is 2. The standard InChI is InChI=1S/C29H31FN6O3/c1-39-26-4-2-3-24(30)23(26)16-35-13-18(17-37)11-21(15-35)34-29(38)19-5-7-25(31)22(12-19)28(32)20-6-8-27-33-9-10-36(27)14-20/h2-10,12,14,18,21,32,37H,11,13,15-17,31H2,1H3,(H,34,38). The molecule has 2 unspecified atom stereocenters. The lowest BCUT2D eigenvalue weighted by atomic mass is 9.93. The number of nitrogens with two attached hydrogens (primary N) is 1. The predicted molar refractivity (Wildman–Crippen MR) is 147 cm³/mol. The fraction of sp³-hybridized carbons (Fsp3) is 0.276. The topological polar surface area (TPSA) is 129 Å². The molecule has 1 amide bonds. The van der Waals surface area contributed by atoms with Crippen LogP contribution in [0.5, 0.6) is 5.75 Å². The zero-order valence-electron chi connectivity index (χ0n) is 21.6. The van der Waals surface area contributed by atoms with E-state index in [-0.39, 0.29) is 36.0 Å². The van der Waals surface area contributed by atoms with E-state index in [2.05, 4.69) is 10.3 Å². The molecule has 9 nitrogen and oxygen atoms in total. The third-order valence-electron chi connectivity index (χ3n) is 7.15. The Morgan fingerprint density at radius 2 is 2.05 bits per heavy atom. The summed E-state index contributed by atoms with van der Waals surface area (Å²) >= 11 is 0. The van der Waals surface area contributed by atoms with Crippen LogP contribution in [-0.2, 0) is 6.54 Å². The molecule has 5 rings (SSSR count). The maximum atomic E-state index is 14.6. The maximum Gasteiger partial charge on any atom is 0.251 e.